The van der Waals surface area contributed by atoms with Gasteiger partial charge in [0.1, 0.15) is 4.83 Å². The first-order chi connectivity index (χ1) is 22.8. The highest BCUT2D eigenvalue weighted by Crippen LogP contribution is 2.43. The van der Waals surface area contributed by atoms with Crippen molar-refractivity contribution in [3.63, 3.8) is 0 Å². The molecule has 9 rings (SSSR count). The summed E-state index contributed by atoms with van der Waals surface area (Å²) in [4.78, 5) is 16.0. The lowest BCUT2D eigenvalue weighted by atomic mass is 10.0. The highest BCUT2D eigenvalue weighted by molar-refractivity contribution is 7.24. The summed E-state index contributed by atoms with van der Waals surface area (Å²) >= 11 is 1.85. The van der Waals surface area contributed by atoms with Gasteiger partial charge < -0.3 is 0 Å². The first kappa shape index (κ1) is 26.5. The van der Waals surface area contributed by atoms with Crippen LogP contribution in [-0.2, 0) is 0 Å². The minimum absolute atomic E-state index is 0.654. The van der Waals surface area contributed by atoms with Gasteiger partial charge in [-0.3, -0.25) is 4.40 Å². The summed E-state index contributed by atoms with van der Waals surface area (Å²) in [6, 6.07) is 54.9. The zero-order chi connectivity index (χ0) is 30.5. The highest BCUT2D eigenvalue weighted by Gasteiger charge is 2.19. The molecule has 0 fully saturated rings. The second-order valence-corrected chi connectivity index (χ2v) is 12.3. The monoisotopic (exact) mass is 606 g/mol. The molecule has 9 aromatic rings. The smallest absolute Gasteiger partial charge is 0.164 e. The van der Waals surface area contributed by atoms with E-state index in [1.807, 2.05) is 72.0 Å². The van der Waals surface area contributed by atoms with Gasteiger partial charge >= 0.3 is 0 Å². The van der Waals surface area contributed by atoms with Crippen molar-refractivity contribution in [2.24, 2.45) is 0 Å². The molecule has 4 nitrogen and oxygen atoms in total. The Labute approximate surface area is 269 Å². The highest BCUT2D eigenvalue weighted by atomic mass is 32.1. The molecule has 0 aliphatic carbocycles. The van der Waals surface area contributed by atoms with E-state index in [-0.39, 0.29) is 0 Å². The average Bonchev–Trinajstić information content (AvgIpc) is 3.67. The van der Waals surface area contributed by atoms with Crippen molar-refractivity contribution in [2.75, 3.05) is 0 Å². The van der Waals surface area contributed by atoms with Gasteiger partial charge in [-0.2, -0.15) is 0 Å². The molecule has 0 spiro atoms. The van der Waals surface area contributed by atoms with Crippen LogP contribution >= 0.6 is 11.3 Å². The lowest BCUT2D eigenvalue weighted by molar-refractivity contribution is 1.07. The molecule has 5 heteroatoms. The van der Waals surface area contributed by atoms with Crippen LogP contribution in [0.2, 0.25) is 0 Å². The number of fused-ring (bicyclic) bond motifs is 5. The third kappa shape index (κ3) is 4.48. The van der Waals surface area contributed by atoms with Crippen LogP contribution in [-0.4, -0.2) is 19.4 Å². The van der Waals surface area contributed by atoms with Crippen molar-refractivity contribution >= 4 is 37.3 Å². The Morgan fingerprint density at radius 2 is 0.870 bits per heavy atom. The quantitative estimate of drug-likeness (QED) is 0.196. The van der Waals surface area contributed by atoms with Crippen LogP contribution in [0.1, 0.15) is 0 Å². The molecule has 0 radical (unpaired) electrons. The van der Waals surface area contributed by atoms with Gasteiger partial charge in [-0.1, -0.05) is 140 Å². The van der Waals surface area contributed by atoms with E-state index in [9.17, 15) is 0 Å². The molecule has 3 aromatic heterocycles. The summed E-state index contributed by atoms with van der Waals surface area (Å²) in [6.45, 7) is 0. The van der Waals surface area contributed by atoms with Crippen molar-refractivity contribution in [1.29, 1.82) is 0 Å². The van der Waals surface area contributed by atoms with Gasteiger partial charge in [0.2, 0.25) is 0 Å². The lowest BCUT2D eigenvalue weighted by Gasteiger charge is -2.09. The van der Waals surface area contributed by atoms with Crippen molar-refractivity contribution in [3.05, 3.63) is 158 Å². The topological polar surface area (TPSA) is 43.1 Å². The van der Waals surface area contributed by atoms with Gasteiger partial charge in [0.05, 0.1) is 15.7 Å². The third-order valence-corrected chi connectivity index (χ3v) is 9.60. The summed E-state index contributed by atoms with van der Waals surface area (Å²) < 4.78 is 3.68. The third-order valence-electron chi connectivity index (χ3n) is 8.48. The van der Waals surface area contributed by atoms with Gasteiger partial charge in [-0.25, -0.2) is 15.0 Å². The van der Waals surface area contributed by atoms with Crippen LogP contribution < -0.4 is 0 Å². The van der Waals surface area contributed by atoms with Gasteiger partial charge in [0.25, 0.3) is 0 Å². The first-order valence-corrected chi connectivity index (χ1v) is 16.1. The van der Waals surface area contributed by atoms with E-state index in [2.05, 4.69) is 101 Å². The molecule has 0 amide bonds. The number of thiazole rings is 1. The summed E-state index contributed by atoms with van der Waals surface area (Å²) in [6.07, 6.45) is 0. The molecule has 0 saturated heterocycles. The van der Waals surface area contributed by atoms with Gasteiger partial charge in [0, 0.05) is 27.6 Å². The molecule has 46 heavy (non-hydrogen) atoms. The molecule has 0 bridgehead atoms. The van der Waals surface area contributed by atoms with Crippen molar-refractivity contribution < 1.29 is 0 Å². The van der Waals surface area contributed by atoms with Crippen molar-refractivity contribution in [2.45, 2.75) is 0 Å². The Kier molecular flexibility index (Phi) is 6.28. The van der Waals surface area contributed by atoms with Gasteiger partial charge in [0.15, 0.2) is 17.5 Å². The molecule has 216 valence electrons. The predicted molar refractivity (Wildman–Crippen MR) is 191 cm³/mol. The van der Waals surface area contributed by atoms with E-state index in [0.717, 1.165) is 22.3 Å². The van der Waals surface area contributed by atoms with Gasteiger partial charge in [-0.15, -0.1) is 11.3 Å². The Hall–Kier alpha value is -5.91. The van der Waals surface area contributed by atoms with Crippen LogP contribution in [0.3, 0.4) is 0 Å². The maximum atomic E-state index is 4.93. The summed E-state index contributed by atoms with van der Waals surface area (Å²) in [5, 5.41) is 1.24. The molecular weight excluding hydrogens is 581 g/mol. The normalized spacial score (nSPS) is 11.5. The fourth-order valence-electron chi connectivity index (χ4n) is 6.25. The van der Waals surface area contributed by atoms with Crippen LogP contribution in [0.4, 0.5) is 0 Å². The second kappa shape index (κ2) is 10.9. The second-order valence-electron chi connectivity index (χ2n) is 11.3. The van der Waals surface area contributed by atoms with Crippen molar-refractivity contribution in [1.82, 2.24) is 19.4 Å². The van der Waals surface area contributed by atoms with E-state index in [1.54, 1.807) is 0 Å². The molecule has 0 aliphatic rings. The van der Waals surface area contributed by atoms with Crippen molar-refractivity contribution in [3.8, 4) is 56.4 Å². The number of para-hydroxylation sites is 1. The van der Waals surface area contributed by atoms with E-state index in [4.69, 9.17) is 15.0 Å². The first-order valence-electron chi connectivity index (χ1n) is 15.3. The average molecular weight is 607 g/mol. The van der Waals surface area contributed by atoms with Gasteiger partial charge in [-0.05, 0) is 34.9 Å². The maximum absolute atomic E-state index is 4.93. The van der Waals surface area contributed by atoms with E-state index < -0.39 is 0 Å². The fourth-order valence-corrected chi connectivity index (χ4v) is 7.53. The molecule has 0 unspecified atom stereocenters. The molecule has 6 aromatic carbocycles. The molecule has 0 atom stereocenters. The number of nitrogens with zero attached hydrogens (tertiary/aromatic N) is 4. The van der Waals surface area contributed by atoms with Crippen LogP contribution in [0.5, 0.6) is 0 Å². The Morgan fingerprint density at radius 1 is 0.391 bits per heavy atom. The van der Waals surface area contributed by atoms with Crippen LogP contribution in [0, 0.1) is 0 Å². The Bertz CT molecular complexity index is 2440. The zero-order valence-electron chi connectivity index (χ0n) is 24.7. The summed E-state index contributed by atoms with van der Waals surface area (Å²) in [5.74, 6) is 1.98. The largest absolute Gasteiger partial charge is 0.299 e. The Balaban J connectivity index is 1.18. The molecular formula is C41H26N4S. The van der Waals surface area contributed by atoms with E-state index >= 15 is 0 Å². The minimum atomic E-state index is 0.654. The van der Waals surface area contributed by atoms with Crippen LogP contribution in [0.25, 0.3) is 82.4 Å². The number of benzene rings is 6. The molecule has 0 N–H and O–H groups in total. The van der Waals surface area contributed by atoms with E-state index in [1.165, 1.54) is 42.6 Å². The zero-order valence-corrected chi connectivity index (χ0v) is 25.5. The summed E-state index contributed by atoms with van der Waals surface area (Å²) in [7, 11) is 0. The number of hydrogen-bond acceptors (Lipinski definition) is 4. The summed E-state index contributed by atoms with van der Waals surface area (Å²) in [5.41, 5.74) is 10.2. The predicted octanol–water partition coefficient (Wildman–Crippen LogP) is 10.8. The van der Waals surface area contributed by atoms with Crippen LogP contribution in [0.15, 0.2) is 158 Å². The van der Waals surface area contributed by atoms with E-state index in [0.29, 0.717) is 17.5 Å². The SMILES string of the molecule is c1ccc(-c2ccc3c(c2)sc2c(-c4ccc(-c5nc(-c6ccccc6)nc(-c6ccccc6)n5)cc4)c4ccccc4n23)cc1. The molecule has 0 aliphatic heterocycles. The maximum Gasteiger partial charge on any atom is 0.164 e. The number of rotatable bonds is 5. The molecule has 0 saturated carbocycles. The number of aromatic nitrogens is 4. The number of hydrogen-bond donors (Lipinski definition) is 0. The fraction of sp³-hybridized carbons (Fsp3) is 0. The Morgan fingerprint density at radius 3 is 1.48 bits per heavy atom. The lowest BCUT2D eigenvalue weighted by Crippen LogP contribution is -2.00. The minimum Gasteiger partial charge on any atom is -0.299 e. The molecule has 3 heterocycles. The standard InChI is InChI=1S/C41H26N4S/c1-4-12-27(13-5-1)32-24-25-35-36(26-32)46-41-37(33-18-10-11-19-34(33)45(35)41)28-20-22-31(23-21-28)40-43-38(29-14-6-2-7-15-29)42-39(44-40)30-16-8-3-9-17-30/h1-26H.